The van der Waals surface area contributed by atoms with Crippen molar-refractivity contribution < 1.29 is 19.0 Å². The predicted molar refractivity (Wildman–Crippen MR) is 56.8 cm³/mol. The number of rotatable bonds is 10. The zero-order valence-electron chi connectivity index (χ0n) is 9.58. The number of carbonyl (C=O) groups is 1. The van der Waals surface area contributed by atoms with Crippen molar-refractivity contribution in [3.05, 3.63) is 0 Å². The Morgan fingerprint density at radius 2 is 1.93 bits per heavy atom. The maximum absolute atomic E-state index is 11.1. The van der Waals surface area contributed by atoms with Gasteiger partial charge in [0.25, 0.3) is 0 Å². The quantitative estimate of drug-likeness (QED) is 0.420. The lowest BCUT2D eigenvalue weighted by molar-refractivity contribution is -0.145. The molecule has 5 nitrogen and oxygen atoms in total. The lowest BCUT2D eigenvalue weighted by Crippen LogP contribution is -2.20. The van der Waals surface area contributed by atoms with Crippen molar-refractivity contribution in [2.45, 2.75) is 13.3 Å². The fourth-order valence-corrected chi connectivity index (χ4v) is 0.898. The van der Waals surface area contributed by atoms with Gasteiger partial charge in [-0.25, -0.2) is 0 Å². The smallest absolute Gasteiger partial charge is 0.307 e. The number of hydrogen-bond donors (Lipinski definition) is 1. The van der Waals surface area contributed by atoms with E-state index in [9.17, 15) is 4.79 Å². The minimum atomic E-state index is -0.189. The summed E-state index contributed by atoms with van der Waals surface area (Å²) in [5, 5.41) is 3.05. The Labute approximate surface area is 91.1 Å². The summed E-state index contributed by atoms with van der Waals surface area (Å²) in [5.41, 5.74) is 0. The molecule has 0 radical (unpaired) electrons. The van der Waals surface area contributed by atoms with E-state index >= 15 is 0 Å². The largest absolute Gasteiger partial charge is 0.463 e. The highest BCUT2D eigenvalue weighted by Crippen LogP contribution is 1.86. The van der Waals surface area contributed by atoms with E-state index in [2.05, 4.69) is 5.32 Å². The summed E-state index contributed by atoms with van der Waals surface area (Å²) in [4.78, 5) is 11.1. The molecule has 90 valence electrons. The lowest BCUT2D eigenvalue weighted by Gasteiger charge is -2.05. The molecule has 0 aliphatic rings. The maximum Gasteiger partial charge on any atom is 0.307 e. The number of hydrogen-bond acceptors (Lipinski definition) is 5. The Bertz CT molecular complexity index is 152. The molecule has 0 spiro atoms. The van der Waals surface area contributed by atoms with Crippen LogP contribution in [0.1, 0.15) is 13.3 Å². The highest BCUT2D eigenvalue weighted by atomic mass is 16.6. The first-order valence-electron chi connectivity index (χ1n) is 5.24. The van der Waals surface area contributed by atoms with Gasteiger partial charge in [0, 0.05) is 13.7 Å². The second kappa shape index (κ2) is 11.4. The van der Waals surface area contributed by atoms with Crippen molar-refractivity contribution in [1.29, 1.82) is 0 Å². The van der Waals surface area contributed by atoms with Crippen LogP contribution in [0.15, 0.2) is 0 Å². The first kappa shape index (κ1) is 14.3. The van der Waals surface area contributed by atoms with Crippen LogP contribution in [0.25, 0.3) is 0 Å². The average Bonchev–Trinajstić information content (AvgIpc) is 2.23. The first-order chi connectivity index (χ1) is 7.31. The van der Waals surface area contributed by atoms with E-state index in [0.717, 1.165) is 6.54 Å². The summed E-state index contributed by atoms with van der Waals surface area (Å²) in [5.74, 6) is -0.189. The molecule has 0 saturated heterocycles. The Morgan fingerprint density at radius 3 is 2.60 bits per heavy atom. The van der Waals surface area contributed by atoms with Gasteiger partial charge in [-0.15, -0.1) is 0 Å². The molecule has 0 unspecified atom stereocenters. The van der Waals surface area contributed by atoms with Crippen molar-refractivity contribution in [3.8, 4) is 0 Å². The molecule has 0 saturated carbocycles. The molecule has 0 aromatic rings. The molecule has 1 N–H and O–H groups in total. The third kappa shape index (κ3) is 11.3. The summed E-state index contributed by atoms with van der Waals surface area (Å²) >= 11 is 0. The lowest BCUT2D eigenvalue weighted by atomic mass is 10.4. The van der Waals surface area contributed by atoms with Crippen LogP contribution in [0.4, 0.5) is 0 Å². The van der Waals surface area contributed by atoms with Crippen LogP contribution < -0.4 is 5.32 Å². The van der Waals surface area contributed by atoms with Crippen LogP contribution in [-0.2, 0) is 19.0 Å². The molecule has 0 amide bonds. The molecule has 0 atom stereocenters. The predicted octanol–water partition coefficient (Wildman–Crippen LogP) is 0.192. The fraction of sp³-hybridized carbons (Fsp3) is 0.900. The van der Waals surface area contributed by atoms with Crippen molar-refractivity contribution in [3.63, 3.8) is 0 Å². The van der Waals surface area contributed by atoms with Crippen LogP contribution in [0.3, 0.4) is 0 Å². The van der Waals surface area contributed by atoms with Gasteiger partial charge in [-0.3, -0.25) is 4.79 Å². The number of nitrogens with one attached hydrogen (secondary N) is 1. The second-order valence-electron chi connectivity index (χ2n) is 2.93. The van der Waals surface area contributed by atoms with Gasteiger partial charge < -0.3 is 19.5 Å². The molecule has 15 heavy (non-hydrogen) atoms. The molecular weight excluding hydrogens is 198 g/mol. The normalized spacial score (nSPS) is 10.3. The molecule has 0 aliphatic carbocycles. The van der Waals surface area contributed by atoms with Crippen LogP contribution in [0.5, 0.6) is 0 Å². The fourth-order valence-electron chi connectivity index (χ4n) is 0.898. The Morgan fingerprint density at radius 1 is 1.20 bits per heavy atom. The molecule has 0 heterocycles. The minimum absolute atomic E-state index is 0.189. The molecule has 0 aromatic heterocycles. The highest BCUT2D eigenvalue weighted by Gasteiger charge is 2.00. The van der Waals surface area contributed by atoms with Gasteiger partial charge in [-0.05, 0) is 6.54 Å². The van der Waals surface area contributed by atoms with Crippen LogP contribution in [0.2, 0.25) is 0 Å². The van der Waals surface area contributed by atoms with E-state index < -0.39 is 0 Å². The van der Waals surface area contributed by atoms with Crippen molar-refractivity contribution in [2.24, 2.45) is 0 Å². The summed E-state index contributed by atoms with van der Waals surface area (Å²) in [6.07, 6.45) is 0.409. The summed E-state index contributed by atoms with van der Waals surface area (Å²) in [7, 11) is 1.62. The molecule has 5 heteroatoms. The standard InChI is InChI=1S/C10H21NO4/c1-3-11-5-4-10(12)15-9-8-14-7-6-13-2/h11H,3-9H2,1-2H3. The van der Waals surface area contributed by atoms with Gasteiger partial charge in [-0.2, -0.15) is 0 Å². The molecule has 0 aromatic carbocycles. The number of ether oxygens (including phenoxy) is 3. The van der Waals surface area contributed by atoms with Gasteiger partial charge in [0.05, 0.1) is 26.2 Å². The molecule has 0 rings (SSSR count). The Hall–Kier alpha value is -0.650. The average molecular weight is 219 g/mol. The van der Waals surface area contributed by atoms with Crippen molar-refractivity contribution >= 4 is 5.97 Å². The molecule has 0 fully saturated rings. The van der Waals surface area contributed by atoms with Crippen LogP contribution in [-0.4, -0.2) is 52.6 Å². The van der Waals surface area contributed by atoms with E-state index in [0.29, 0.717) is 39.4 Å². The first-order valence-corrected chi connectivity index (χ1v) is 5.24. The van der Waals surface area contributed by atoms with Crippen molar-refractivity contribution in [1.82, 2.24) is 5.32 Å². The SMILES string of the molecule is CCNCCC(=O)OCCOCCOC. The minimum Gasteiger partial charge on any atom is -0.463 e. The topological polar surface area (TPSA) is 56.8 Å². The van der Waals surface area contributed by atoms with E-state index in [1.165, 1.54) is 0 Å². The van der Waals surface area contributed by atoms with Gasteiger partial charge in [0.15, 0.2) is 0 Å². The maximum atomic E-state index is 11.1. The van der Waals surface area contributed by atoms with Gasteiger partial charge in [0.2, 0.25) is 0 Å². The van der Waals surface area contributed by atoms with Gasteiger partial charge >= 0.3 is 5.97 Å². The molecule has 0 aliphatic heterocycles. The third-order valence-corrected chi connectivity index (χ3v) is 1.68. The van der Waals surface area contributed by atoms with E-state index in [4.69, 9.17) is 14.2 Å². The van der Waals surface area contributed by atoms with Crippen LogP contribution >= 0.6 is 0 Å². The number of esters is 1. The van der Waals surface area contributed by atoms with Crippen molar-refractivity contribution in [2.75, 3.05) is 46.6 Å². The monoisotopic (exact) mass is 219 g/mol. The van der Waals surface area contributed by atoms with Gasteiger partial charge in [-0.1, -0.05) is 6.92 Å². The third-order valence-electron chi connectivity index (χ3n) is 1.68. The number of carbonyl (C=O) groups excluding carboxylic acids is 1. The molecular formula is C10H21NO4. The van der Waals surface area contributed by atoms with E-state index in [1.54, 1.807) is 7.11 Å². The van der Waals surface area contributed by atoms with Gasteiger partial charge in [0.1, 0.15) is 6.61 Å². The van der Waals surface area contributed by atoms with E-state index in [1.807, 2.05) is 6.92 Å². The Balaban J connectivity index is 3.10. The summed E-state index contributed by atoms with van der Waals surface area (Å²) in [6.45, 7) is 5.37. The van der Waals surface area contributed by atoms with E-state index in [-0.39, 0.29) is 5.97 Å². The van der Waals surface area contributed by atoms with Crippen LogP contribution in [0, 0.1) is 0 Å². The molecule has 0 bridgehead atoms. The highest BCUT2D eigenvalue weighted by molar-refractivity contribution is 5.69. The zero-order chi connectivity index (χ0) is 11.4. The summed E-state index contributed by atoms with van der Waals surface area (Å²) in [6, 6.07) is 0. The number of methoxy groups -OCH3 is 1. The summed E-state index contributed by atoms with van der Waals surface area (Å²) < 4.78 is 14.9. The zero-order valence-corrected chi connectivity index (χ0v) is 9.58. The second-order valence-corrected chi connectivity index (χ2v) is 2.93. The Kier molecular flexibility index (Phi) is 10.9.